The Hall–Kier alpha value is -5.02. The van der Waals surface area contributed by atoms with Crippen molar-refractivity contribution in [1.29, 1.82) is 5.26 Å². The molecule has 4 aromatic rings. The van der Waals surface area contributed by atoms with Gasteiger partial charge in [0.1, 0.15) is 17.2 Å². The zero-order chi connectivity index (χ0) is 26.9. The first kappa shape index (κ1) is 26.1. The van der Waals surface area contributed by atoms with Crippen molar-refractivity contribution < 1.29 is 19.0 Å². The van der Waals surface area contributed by atoms with E-state index >= 15 is 0 Å². The number of ether oxygens (including phenoxy) is 3. The summed E-state index contributed by atoms with van der Waals surface area (Å²) in [4.78, 5) is 15.5. The van der Waals surface area contributed by atoms with Crippen molar-refractivity contribution in [3.63, 3.8) is 0 Å². The molecule has 1 amide bonds. The topological polar surface area (TPSA) is 71.8 Å². The van der Waals surface area contributed by atoms with Crippen molar-refractivity contribution in [3.8, 4) is 23.3 Å². The Labute approximate surface area is 222 Å². The molecule has 0 aliphatic heterocycles. The first-order chi connectivity index (χ1) is 18.6. The van der Waals surface area contributed by atoms with Crippen molar-refractivity contribution in [2.24, 2.45) is 0 Å². The van der Waals surface area contributed by atoms with E-state index in [2.05, 4.69) is 6.07 Å². The van der Waals surface area contributed by atoms with Crippen LogP contribution < -0.4 is 19.1 Å². The van der Waals surface area contributed by atoms with E-state index in [1.54, 1.807) is 50.5 Å². The summed E-state index contributed by atoms with van der Waals surface area (Å²) < 4.78 is 16.5. The van der Waals surface area contributed by atoms with E-state index in [0.29, 0.717) is 22.6 Å². The molecular weight excluding hydrogens is 476 g/mol. The summed E-state index contributed by atoms with van der Waals surface area (Å²) in [6, 6.07) is 29.7. The number of carbonyl (C=O) groups excluding carboxylic acids is 1. The molecule has 0 atom stereocenters. The number of hydrogen-bond acceptors (Lipinski definition) is 5. The first-order valence-electron chi connectivity index (χ1n) is 12.0. The van der Waals surface area contributed by atoms with Crippen LogP contribution in [-0.2, 0) is 6.54 Å². The van der Waals surface area contributed by atoms with Gasteiger partial charge >= 0.3 is 0 Å². The summed E-state index contributed by atoms with van der Waals surface area (Å²) in [6.07, 6.45) is 3.98. The van der Waals surface area contributed by atoms with E-state index < -0.39 is 0 Å². The van der Waals surface area contributed by atoms with Crippen LogP contribution in [0.5, 0.6) is 17.2 Å². The van der Waals surface area contributed by atoms with Crippen LogP contribution in [0.15, 0.2) is 91.0 Å². The molecule has 4 rings (SSSR count). The molecule has 6 heteroatoms. The van der Waals surface area contributed by atoms with Gasteiger partial charge in [-0.3, -0.25) is 4.79 Å². The van der Waals surface area contributed by atoms with Crippen LogP contribution in [0.4, 0.5) is 5.69 Å². The van der Waals surface area contributed by atoms with Gasteiger partial charge in [0.15, 0.2) is 0 Å². The molecule has 0 aliphatic rings. The predicted octanol–water partition coefficient (Wildman–Crippen LogP) is 6.60. The summed E-state index contributed by atoms with van der Waals surface area (Å²) in [5, 5.41) is 9.16. The summed E-state index contributed by atoms with van der Waals surface area (Å²) in [6.45, 7) is 0.248. The molecule has 0 aromatic heterocycles. The molecule has 190 valence electrons. The molecule has 0 heterocycles. The van der Waals surface area contributed by atoms with E-state index in [1.807, 2.05) is 78.9 Å². The van der Waals surface area contributed by atoms with Crippen LogP contribution in [0.1, 0.15) is 32.6 Å². The Bertz CT molecular complexity index is 1450. The number of para-hydroxylation sites is 1. The Morgan fingerprint density at radius 1 is 0.816 bits per heavy atom. The van der Waals surface area contributed by atoms with Gasteiger partial charge in [-0.1, -0.05) is 42.5 Å². The Morgan fingerprint density at radius 2 is 1.50 bits per heavy atom. The largest absolute Gasteiger partial charge is 0.497 e. The maximum absolute atomic E-state index is 13.8. The first-order valence-corrected chi connectivity index (χ1v) is 12.0. The van der Waals surface area contributed by atoms with Gasteiger partial charge in [0, 0.05) is 22.9 Å². The number of hydrogen-bond donors (Lipinski definition) is 0. The molecule has 0 unspecified atom stereocenters. The lowest BCUT2D eigenvalue weighted by Crippen LogP contribution is -2.31. The van der Waals surface area contributed by atoms with Gasteiger partial charge in [-0.05, 0) is 65.7 Å². The number of carbonyl (C=O) groups is 1. The highest BCUT2D eigenvalue weighted by molar-refractivity contribution is 6.06. The zero-order valence-electron chi connectivity index (χ0n) is 21.5. The fraction of sp³-hybridized carbons (Fsp3) is 0.125. The highest BCUT2D eigenvalue weighted by Crippen LogP contribution is 2.33. The van der Waals surface area contributed by atoms with Gasteiger partial charge in [-0.15, -0.1) is 0 Å². The summed E-state index contributed by atoms with van der Waals surface area (Å²) >= 11 is 0. The highest BCUT2D eigenvalue weighted by atomic mass is 16.5. The van der Waals surface area contributed by atoms with E-state index in [4.69, 9.17) is 19.5 Å². The van der Waals surface area contributed by atoms with Crippen molar-refractivity contribution in [3.05, 3.63) is 119 Å². The third-order valence-corrected chi connectivity index (χ3v) is 6.13. The standard InChI is InChI=1S/C32H28N2O4/c1-36-28-17-12-23(13-18-28)9-16-26-19-29(37-2)20-31(38-3)30(26)22-34(27-7-5-4-6-8-27)32(35)25-14-10-24(21-33)11-15-25/h4-20H,22H2,1-3H3. The van der Waals surface area contributed by atoms with Crippen LogP contribution in [0, 0.1) is 11.3 Å². The summed E-state index contributed by atoms with van der Waals surface area (Å²) in [7, 11) is 4.85. The summed E-state index contributed by atoms with van der Waals surface area (Å²) in [5.41, 5.74) is 4.39. The fourth-order valence-electron chi connectivity index (χ4n) is 4.05. The second-order valence-corrected chi connectivity index (χ2v) is 8.42. The molecule has 0 radical (unpaired) electrons. The minimum Gasteiger partial charge on any atom is -0.497 e. The number of benzene rings is 4. The van der Waals surface area contributed by atoms with E-state index in [-0.39, 0.29) is 12.5 Å². The Kier molecular flexibility index (Phi) is 8.42. The van der Waals surface area contributed by atoms with Gasteiger partial charge in [0.25, 0.3) is 5.91 Å². The minimum atomic E-state index is -0.191. The second kappa shape index (κ2) is 12.3. The quantitative estimate of drug-likeness (QED) is 0.240. The number of anilines is 1. The molecule has 38 heavy (non-hydrogen) atoms. The third kappa shape index (κ3) is 6.03. The van der Waals surface area contributed by atoms with Crippen molar-refractivity contribution >= 4 is 23.7 Å². The van der Waals surface area contributed by atoms with Crippen LogP contribution >= 0.6 is 0 Å². The van der Waals surface area contributed by atoms with E-state index in [1.165, 1.54) is 0 Å². The van der Waals surface area contributed by atoms with Crippen LogP contribution in [0.25, 0.3) is 12.2 Å². The Balaban J connectivity index is 1.78. The SMILES string of the molecule is COc1ccc(C=Cc2cc(OC)cc(OC)c2CN(C(=O)c2ccc(C#N)cc2)c2ccccc2)cc1. The number of nitrogens with zero attached hydrogens (tertiary/aromatic N) is 2. The van der Waals surface area contributed by atoms with E-state index in [0.717, 1.165) is 28.1 Å². The van der Waals surface area contributed by atoms with Gasteiger partial charge in [-0.25, -0.2) is 0 Å². The molecule has 6 nitrogen and oxygen atoms in total. The van der Waals surface area contributed by atoms with Crippen LogP contribution in [0.2, 0.25) is 0 Å². The molecular formula is C32H28N2O4. The maximum Gasteiger partial charge on any atom is 0.258 e. The Morgan fingerprint density at radius 3 is 2.11 bits per heavy atom. The molecule has 0 spiro atoms. The molecule has 0 N–H and O–H groups in total. The lowest BCUT2D eigenvalue weighted by Gasteiger charge is -2.25. The fourth-order valence-corrected chi connectivity index (χ4v) is 4.05. The van der Waals surface area contributed by atoms with Gasteiger partial charge in [-0.2, -0.15) is 5.26 Å². The summed E-state index contributed by atoms with van der Waals surface area (Å²) in [5.74, 6) is 1.84. The van der Waals surface area contributed by atoms with E-state index in [9.17, 15) is 4.79 Å². The number of nitriles is 1. The minimum absolute atomic E-state index is 0.191. The molecule has 0 saturated carbocycles. The van der Waals surface area contributed by atoms with Crippen LogP contribution in [-0.4, -0.2) is 27.2 Å². The molecule has 0 fully saturated rings. The van der Waals surface area contributed by atoms with Gasteiger partial charge < -0.3 is 19.1 Å². The second-order valence-electron chi connectivity index (χ2n) is 8.42. The average Bonchev–Trinajstić information content (AvgIpc) is 2.99. The van der Waals surface area contributed by atoms with Crippen LogP contribution in [0.3, 0.4) is 0 Å². The third-order valence-electron chi connectivity index (χ3n) is 6.13. The van der Waals surface area contributed by atoms with Crippen molar-refractivity contribution in [2.75, 3.05) is 26.2 Å². The lowest BCUT2D eigenvalue weighted by molar-refractivity contribution is 0.0985. The normalized spacial score (nSPS) is 10.6. The predicted molar refractivity (Wildman–Crippen MR) is 150 cm³/mol. The smallest absolute Gasteiger partial charge is 0.258 e. The van der Waals surface area contributed by atoms with Crippen molar-refractivity contribution in [2.45, 2.75) is 6.54 Å². The maximum atomic E-state index is 13.8. The number of rotatable bonds is 9. The lowest BCUT2D eigenvalue weighted by atomic mass is 10.0. The molecule has 0 aliphatic carbocycles. The number of methoxy groups -OCH3 is 3. The zero-order valence-corrected chi connectivity index (χ0v) is 21.5. The molecule has 4 aromatic carbocycles. The molecule has 0 saturated heterocycles. The van der Waals surface area contributed by atoms with Gasteiger partial charge in [0.05, 0.1) is 39.5 Å². The molecule has 0 bridgehead atoms. The average molecular weight is 505 g/mol. The monoisotopic (exact) mass is 504 g/mol. The van der Waals surface area contributed by atoms with Gasteiger partial charge in [0.2, 0.25) is 0 Å². The van der Waals surface area contributed by atoms with Crippen molar-refractivity contribution in [1.82, 2.24) is 0 Å². The number of amides is 1. The highest BCUT2D eigenvalue weighted by Gasteiger charge is 2.22.